The van der Waals surface area contributed by atoms with Crippen molar-refractivity contribution >= 4 is 23.2 Å². The number of benzene rings is 1. The van der Waals surface area contributed by atoms with Crippen LogP contribution in [0.1, 0.15) is 16.8 Å². The lowest BCUT2D eigenvalue weighted by atomic mass is 10.2. The minimum atomic E-state index is -0.473. The summed E-state index contributed by atoms with van der Waals surface area (Å²) < 4.78 is 13.8. The second-order valence-electron chi connectivity index (χ2n) is 5.45. The Labute approximate surface area is 139 Å². The molecule has 0 N–H and O–H groups in total. The van der Waals surface area contributed by atoms with Crippen LogP contribution in [0.3, 0.4) is 0 Å². The Morgan fingerprint density at radius 2 is 1.96 bits per heavy atom. The van der Waals surface area contributed by atoms with E-state index in [4.69, 9.17) is 11.6 Å². The first-order valence-corrected chi connectivity index (χ1v) is 7.93. The number of hydrogen-bond acceptors (Lipinski definition) is 3. The summed E-state index contributed by atoms with van der Waals surface area (Å²) in [5.74, 6) is -0.725. The van der Waals surface area contributed by atoms with Gasteiger partial charge in [-0.1, -0.05) is 23.7 Å². The second-order valence-corrected chi connectivity index (χ2v) is 5.84. The van der Waals surface area contributed by atoms with E-state index in [1.165, 1.54) is 12.1 Å². The Kier molecular flexibility index (Phi) is 4.76. The van der Waals surface area contributed by atoms with Crippen molar-refractivity contribution in [3.8, 4) is 0 Å². The molecule has 1 fully saturated rings. The number of halogens is 2. The van der Waals surface area contributed by atoms with Crippen molar-refractivity contribution in [2.45, 2.75) is 6.42 Å². The van der Waals surface area contributed by atoms with E-state index in [0.29, 0.717) is 24.8 Å². The number of pyridine rings is 1. The van der Waals surface area contributed by atoms with Crippen LogP contribution in [0.5, 0.6) is 0 Å². The van der Waals surface area contributed by atoms with Crippen molar-refractivity contribution in [1.82, 2.24) is 9.88 Å². The summed E-state index contributed by atoms with van der Waals surface area (Å²) in [7, 11) is 0. The van der Waals surface area contributed by atoms with Crippen LogP contribution < -0.4 is 4.90 Å². The molecular weight excluding hydrogens is 317 g/mol. The number of hydrogen-bond donors (Lipinski definition) is 0. The molecular formula is C17H17ClFN3O. The number of nitrogens with zero attached hydrogens (tertiary/aromatic N) is 3. The lowest BCUT2D eigenvalue weighted by Gasteiger charge is -2.23. The first-order chi connectivity index (χ1) is 11.1. The topological polar surface area (TPSA) is 36.4 Å². The predicted molar refractivity (Wildman–Crippen MR) is 88.4 cm³/mol. The molecule has 1 aromatic heterocycles. The number of anilines is 1. The van der Waals surface area contributed by atoms with Gasteiger partial charge in [0.2, 0.25) is 0 Å². The molecule has 0 spiro atoms. The molecule has 120 valence electrons. The van der Waals surface area contributed by atoms with Crippen molar-refractivity contribution in [2.24, 2.45) is 0 Å². The third-order valence-electron chi connectivity index (χ3n) is 3.96. The SMILES string of the molecule is O=C(c1ccccc1F)N1CCCN(c2ccnc(Cl)c2)CC1. The van der Waals surface area contributed by atoms with Gasteiger partial charge in [-0.25, -0.2) is 9.37 Å². The molecule has 0 bridgehead atoms. The molecule has 1 amide bonds. The molecule has 1 aromatic carbocycles. The van der Waals surface area contributed by atoms with Gasteiger partial charge in [0.15, 0.2) is 0 Å². The van der Waals surface area contributed by atoms with Gasteiger partial charge in [-0.3, -0.25) is 4.79 Å². The molecule has 0 saturated carbocycles. The molecule has 1 aliphatic heterocycles. The molecule has 2 aromatic rings. The zero-order valence-corrected chi connectivity index (χ0v) is 13.3. The highest BCUT2D eigenvalue weighted by Crippen LogP contribution is 2.20. The van der Waals surface area contributed by atoms with E-state index in [1.807, 2.05) is 12.1 Å². The molecule has 0 aliphatic carbocycles. The van der Waals surface area contributed by atoms with E-state index in [0.717, 1.165) is 18.7 Å². The molecule has 6 heteroatoms. The van der Waals surface area contributed by atoms with Gasteiger partial charge in [-0.2, -0.15) is 0 Å². The lowest BCUT2D eigenvalue weighted by molar-refractivity contribution is 0.0762. The predicted octanol–water partition coefficient (Wildman–Crippen LogP) is 3.23. The minimum absolute atomic E-state index is 0.132. The standard InChI is InChI=1S/C17H17ClFN3O/c18-16-12-13(6-7-20-16)21-8-3-9-22(11-10-21)17(23)14-4-1-2-5-15(14)19/h1-2,4-7,12H,3,8-11H2. The van der Waals surface area contributed by atoms with Gasteiger partial charge in [0.25, 0.3) is 5.91 Å². The molecule has 1 aliphatic rings. The average molecular weight is 334 g/mol. The van der Waals surface area contributed by atoms with Gasteiger partial charge in [-0.15, -0.1) is 0 Å². The van der Waals surface area contributed by atoms with E-state index in [2.05, 4.69) is 9.88 Å². The normalized spacial score (nSPS) is 15.4. The van der Waals surface area contributed by atoms with Crippen LogP contribution >= 0.6 is 11.6 Å². The maximum absolute atomic E-state index is 13.8. The molecule has 2 heterocycles. The summed E-state index contributed by atoms with van der Waals surface area (Å²) in [4.78, 5) is 20.4. The Balaban J connectivity index is 1.71. The fourth-order valence-electron chi connectivity index (χ4n) is 2.77. The van der Waals surface area contributed by atoms with E-state index >= 15 is 0 Å². The maximum atomic E-state index is 13.8. The van der Waals surface area contributed by atoms with Crippen LogP contribution in [-0.2, 0) is 0 Å². The van der Waals surface area contributed by atoms with Crippen LogP contribution in [-0.4, -0.2) is 42.0 Å². The second kappa shape index (κ2) is 6.96. The molecule has 0 radical (unpaired) electrons. The third-order valence-corrected chi connectivity index (χ3v) is 4.17. The van der Waals surface area contributed by atoms with Gasteiger partial charge in [0.1, 0.15) is 11.0 Å². The third kappa shape index (κ3) is 3.62. The van der Waals surface area contributed by atoms with Crippen molar-refractivity contribution in [3.05, 3.63) is 59.1 Å². The summed E-state index contributed by atoms with van der Waals surface area (Å²) >= 11 is 5.94. The fraction of sp³-hybridized carbons (Fsp3) is 0.294. The van der Waals surface area contributed by atoms with Crippen LogP contribution in [0.25, 0.3) is 0 Å². The van der Waals surface area contributed by atoms with E-state index in [9.17, 15) is 9.18 Å². The van der Waals surface area contributed by atoms with Crippen molar-refractivity contribution in [2.75, 3.05) is 31.1 Å². The van der Waals surface area contributed by atoms with Crippen LogP contribution in [0.4, 0.5) is 10.1 Å². The average Bonchev–Trinajstić information content (AvgIpc) is 2.81. The number of rotatable bonds is 2. The highest BCUT2D eigenvalue weighted by atomic mass is 35.5. The van der Waals surface area contributed by atoms with Crippen molar-refractivity contribution in [1.29, 1.82) is 0 Å². The summed E-state index contributed by atoms with van der Waals surface area (Å²) in [6.07, 6.45) is 2.49. The van der Waals surface area contributed by atoms with Gasteiger partial charge in [-0.05, 0) is 30.7 Å². The number of aromatic nitrogens is 1. The highest BCUT2D eigenvalue weighted by molar-refractivity contribution is 6.29. The van der Waals surface area contributed by atoms with Crippen LogP contribution in [0, 0.1) is 5.82 Å². The van der Waals surface area contributed by atoms with Gasteiger partial charge in [0, 0.05) is 38.1 Å². The summed E-state index contributed by atoms with van der Waals surface area (Å²) in [6, 6.07) is 9.83. The lowest BCUT2D eigenvalue weighted by Crippen LogP contribution is -2.35. The maximum Gasteiger partial charge on any atom is 0.256 e. The number of amides is 1. The van der Waals surface area contributed by atoms with E-state index in [1.54, 1.807) is 23.2 Å². The molecule has 0 atom stereocenters. The van der Waals surface area contributed by atoms with Crippen molar-refractivity contribution in [3.63, 3.8) is 0 Å². The van der Waals surface area contributed by atoms with Gasteiger partial charge in [0.05, 0.1) is 5.56 Å². The van der Waals surface area contributed by atoms with Gasteiger partial charge < -0.3 is 9.80 Å². The minimum Gasteiger partial charge on any atom is -0.370 e. The Morgan fingerprint density at radius 3 is 2.74 bits per heavy atom. The van der Waals surface area contributed by atoms with Crippen LogP contribution in [0.15, 0.2) is 42.6 Å². The fourth-order valence-corrected chi connectivity index (χ4v) is 2.94. The van der Waals surface area contributed by atoms with Crippen molar-refractivity contribution < 1.29 is 9.18 Å². The molecule has 4 nitrogen and oxygen atoms in total. The first kappa shape index (κ1) is 15.7. The summed E-state index contributed by atoms with van der Waals surface area (Å²) in [6.45, 7) is 2.66. The van der Waals surface area contributed by atoms with E-state index < -0.39 is 5.82 Å². The molecule has 23 heavy (non-hydrogen) atoms. The quantitative estimate of drug-likeness (QED) is 0.792. The Morgan fingerprint density at radius 1 is 1.13 bits per heavy atom. The molecule has 3 rings (SSSR count). The monoisotopic (exact) mass is 333 g/mol. The summed E-state index contributed by atoms with van der Waals surface area (Å²) in [5, 5.41) is 0.450. The zero-order chi connectivity index (χ0) is 16.2. The molecule has 1 saturated heterocycles. The Bertz CT molecular complexity index is 710. The first-order valence-electron chi connectivity index (χ1n) is 7.55. The molecule has 0 unspecified atom stereocenters. The number of carbonyl (C=O) groups is 1. The Hall–Kier alpha value is -2.14. The number of carbonyl (C=O) groups excluding carboxylic acids is 1. The summed E-state index contributed by atoms with van der Waals surface area (Å²) in [5.41, 5.74) is 1.12. The van der Waals surface area contributed by atoms with Gasteiger partial charge >= 0.3 is 0 Å². The smallest absolute Gasteiger partial charge is 0.256 e. The van der Waals surface area contributed by atoms with Crippen LogP contribution in [0.2, 0.25) is 5.15 Å². The van der Waals surface area contributed by atoms with E-state index in [-0.39, 0.29) is 11.5 Å². The zero-order valence-electron chi connectivity index (χ0n) is 12.6. The highest BCUT2D eigenvalue weighted by Gasteiger charge is 2.22. The largest absolute Gasteiger partial charge is 0.370 e.